The highest BCUT2D eigenvalue weighted by molar-refractivity contribution is 7.90. The minimum Gasteiger partial charge on any atom is -0.351 e. The van der Waals surface area contributed by atoms with E-state index >= 15 is 0 Å². The first-order chi connectivity index (χ1) is 12.7. The predicted octanol–water partition coefficient (Wildman–Crippen LogP) is 1.21. The molecule has 0 aromatic heterocycles. The summed E-state index contributed by atoms with van der Waals surface area (Å²) in [6.45, 7) is 9.35. The van der Waals surface area contributed by atoms with Crippen molar-refractivity contribution in [1.29, 1.82) is 0 Å². The highest BCUT2D eigenvalue weighted by Gasteiger charge is 2.30. The molecule has 3 atom stereocenters. The Morgan fingerprint density at radius 2 is 1.96 bits per heavy atom. The first-order valence-electron chi connectivity index (χ1n) is 9.43. The Morgan fingerprint density at radius 3 is 2.67 bits per heavy atom. The van der Waals surface area contributed by atoms with Crippen molar-refractivity contribution in [3.63, 3.8) is 0 Å². The van der Waals surface area contributed by atoms with Crippen LogP contribution in [0.25, 0.3) is 0 Å². The second kappa shape index (κ2) is 7.98. The topological polar surface area (TPSA) is 90.9 Å². The number of fused-ring (bicyclic) bond motifs is 1. The monoisotopic (exact) mass is 392 g/mol. The third-order valence-corrected chi connectivity index (χ3v) is 6.32. The van der Waals surface area contributed by atoms with Gasteiger partial charge in [-0.15, -0.1) is 0 Å². The average Bonchev–Trinajstić information content (AvgIpc) is 2.83. The molecule has 1 aromatic carbocycles. The minimum absolute atomic E-state index is 0.0164. The van der Waals surface area contributed by atoms with Gasteiger partial charge in [0.05, 0.1) is 4.90 Å². The highest BCUT2D eigenvalue weighted by Crippen LogP contribution is 2.22. The quantitative estimate of drug-likeness (QED) is 0.788. The summed E-state index contributed by atoms with van der Waals surface area (Å²) in [7, 11) is -3.57. The molecule has 0 bridgehead atoms. The van der Waals surface area contributed by atoms with Gasteiger partial charge in [-0.2, -0.15) is 0 Å². The fourth-order valence-electron chi connectivity index (χ4n) is 4.10. The third-order valence-electron chi connectivity index (χ3n) is 4.93. The van der Waals surface area contributed by atoms with Crippen molar-refractivity contribution in [3.05, 3.63) is 29.8 Å². The van der Waals surface area contributed by atoms with E-state index < -0.39 is 10.0 Å². The number of nitrogens with one attached hydrogen (secondary N) is 2. The molecule has 3 unspecified atom stereocenters. The van der Waals surface area contributed by atoms with E-state index in [4.69, 9.17) is 0 Å². The summed E-state index contributed by atoms with van der Waals surface area (Å²) < 4.78 is 26.5. The van der Waals surface area contributed by atoms with E-state index in [0.717, 1.165) is 19.6 Å². The Balaban J connectivity index is 1.55. The maximum atomic E-state index is 12.2. The molecular formula is C19H28N4O3S. The van der Waals surface area contributed by atoms with Crippen LogP contribution in [0.3, 0.4) is 0 Å². The molecule has 0 saturated carbocycles. The summed E-state index contributed by atoms with van der Waals surface area (Å²) in [6, 6.07) is 6.65. The largest absolute Gasteiger partial charge is 0.351 e. The van der Waals surface area contributed by atoms with Crippen molar-refractivity contribution >= 4 is 21.8 Å². The maximum Gasteiger partial charge on any atom is 0.263 e. The van der Waals surface area contributed by atoms with Crippen molar-refractivity contribution < 1.29 is 13.2 Å². The maximum absolute atomic E-state index is 12.2. The molecule has 1 amide bonds. The van der Waals surface area contributed by atoms with Crippen molar-refractivity contribution in [2.75, 3.05) is 26.2 Å². The summed E-state index contributed by atoms with van der Waals surface area (Å²) in [4.78, 5) is 19.0. The van der Waals surface area contributed by atoms with Crippen molar-refractivity contribution in [2.45, 2.75) is 38.1 Å². The number of amidine groups is 1. The van der Waals surface area contributed by atoms with Crippen LogP contribution in [0, 0.1) is 11.8 Å². The molecule has 27 heavy (non-hydrogen) atoms. The highest BCUT2D eigenvalue weighted by atomic mass is 32.2. The smallest absolute Gasteiger partial charge is 0.263 e. The van der Waals surface area contributed by atoms with Crippen molar-refractivity contribution in [1.82, 2.24) is 14.9 Å². The SMILES string of the molecule is CC1CC(C)CN(CC(C)NC(=O)CN=C2NS(=O)(=O)c3ccccc32)C1. The van der Waals surface area contributed by atoms with Gasteiger partial charge in [0.2, 0.25) is 5.91 Å². The van der Waals surface area contributed by atoms with Crippen LogP contribution >= 0.6 is 0 Å². The van der Waals surface area contributed by atoms with E-state index in [0.29, 0.717) is 17.4 Å². The van der Waals surface area contributed by atoms with Crippen LogP contribution in [-0.2, 0) is 14.8 Å². The number of amides is 1. The van der Waals surface area contributed by atoms with Crippen LogP contribution in [0.5, 0.6) is 0 Å². The average molecular weight is 393 g/mol. The minimum atomic E-state index is -3.57. The second-order valence-electron chi connectivity index (χ2n) is 7.90. The van der Waals surface area contributed by atoms with Gasteiger partial charge < -0.3 is 10.2 Å². The Morgan fingerprint density at radius 1 is 1.30 bits per heavy atom. The Bertz CT molecular complexity index is 827. The summed E-state index contributed by atoms with van der Waals surface area (Å²) in [6.07, 6.45) is 1.26. The standard InChI is InChI=1S/C19H28N4O3S/c1-13-8-14(2)11-23(10-13)12-15(3)21-18(24)9-20-19-16-6-4-5-7-17(16)27(25,26)22-19/h4-7,13-15H,8-12H2,1-3H3,(H,20,22)(H,21,24). The number of aliphatic imine (C=N–C) groups is 1. The Labute approximate surface area is 161 Å². The Hall–Kier alpha value is -1.93. The van der Waals surface area contributed by atoms with Gasteiger partial charge >= 0.3 is 0 Å². The number of piperidine rings is 1. The molecule has 1 aromatic rings. The molecule has 2 aliphatic heterocycles. The summed E-state index contributed by atoms with van der Waals surface area (Å²) in [5.41, 5.74) is 0.509. The van der Waals surface area contributed by atoms with Gasteiger partial charge in [0.1, 0.15) is 12.4 Å². The van der Waals surface area contributed by atoms with Crippen molar-refractivity contribution in [3.8, 4) is 0 Å². The molecule has 0 aliphatic carbocycles. The summed E-state index contributed by atoms with van der Waals surface area (Å²) in [5.74, 6) is 1.38. The molecule has 2 aliphatic rings. The molecular weight excluding hydrogens is 364 g/mol. The Kier molecular flexibility index (Phi) is 5.86. The van der Waals surface area contributed by atoms with Crippen molar-refractivity contribution in [2.24, 2.45) is 16.8 Å². The zero-order chi connectivity index (χ0) is 19.6. The van der Waals surface area contributed by atoms with E-state index in [-0.39, 0.29) is 29.2 Å². The van der Waals surface area contributed by atoms with Gasteiger partial charge in [0.25, 0.3) is 10.0 Å². The number of carbonyl (C=O) groups is 1. The first-order valence-corrected chi connectivity index (χ1v) is 10.9. The lowest BCUT2D eigenvalue weighted by atomic mass is 9.92. The zero-order valence-corrected chi connectivity index (χ0v) is 16.9. The molecule has 3 rings (SSSR count). The zero-order valence-electron chi connectivity index (χ0n) is 16.1. The number of benzene rings is 1. The lowest BCUT2D eigenvalue weighted by Crippen LogP contribution is -2.47. The fraction of sp³-hybridized carbons (Fsp3) is 0.579. The van der Waals surface area contributed by atoms with E-state index in [1.807, 2.05) is 6.92 Å². The van der Waals surface area contributed by atoms with E-state index in [2.05, 4.69) is 33.8 Å². The van der Waals surface area contributed by atoms with Crippen LogP contribution in [0.4, 0.5) is 0 Å². The molecule has 7 nitrogen and oxygen atoms in total. The number of sulfonamides is 1. The lowest BCUT2D eigenvalue weighted by Gasteiger charge is -2.36. The van der Waals surface area contributed by atoms with E-state index in [1.54, 1.807) is 18.2 Å². The predicted molar refractivity (Wildman–Crippen MR) is 105 cm³/mol. The number of rotatable bonds is 5. The van der Waals surface area contributed by atoms with Gasteiger partial charge in [-0.05, 0) is 37.3 Å². The molecule has 1 saturated heterocycles. The van der Waals surface area contributed by atoms with Gasteiger partial charge in [0, 0.05) is 31.2 Å². The van der Waals surface area contributed by atoms with E-state index in [1.165, 1.54) is 12.5 Å². The molecule has 0 radical (unpaired) electrons. The normalized spacial score (nSPS) is 27.0. The number of hydrogen-bond donors (Lipinski definition) is 2. The first kappa shape index (κ1) is 19.8. The van der Waals surface area contributed by atoms with Gasteiger partial charge in [-0.1, -0.05) is 26.0 Å². The molecule has 0 spiro atoms. The second-order valence-corrected chi connectivity index (χ2v) is 9.55. The van der Waals surface area contributed by atoms with Crippen LogP contribution in [0.1, 0.15) is 32.8 Å². The molecule has 2 N–H and O–H groups in total. The molecule has 8 heteroatoms. The van der Waals surface area contributed by atoms with Crippen LogP contribution in [0.15, 0.2) is 34.2 Å². The van der Waals surface area contributed by atoms with Crippen LogP contribution in [0.2, 0.25) is 0 Å². The lowest BCUT2D eigenvalue weighted by molar-refractivity contribution is -0.120. The fourth-order valence-corrected chi connectivity index (χ4v) is 5.35. The van der Waals surface area contributed by atoms with Gasteiger partial charge in [0.15, 0.2) is 0 Å². The number of likely N-dealkylation sites (tertiary alicyclic amines) is 1. The molecule has 2 heterocycles. The summed E-state index contributed by atoms with van der Waals surface area (Å²) in [5, 5.41) is 2.96. The van der Waals surface area contributed by atoms with Crippen LogP contribution < -0.4 is 10.0 Å². The van der Waals surface area contributed by atoms with Crippen LogP contribution in [-0.4, -0.2) is 57.3 Å². The molecule has 1 fully saturated rings. The number of hydrogen-bond acceptors (Lipinski definition) is 5. The summed E-state index contributed by atoms with van der Waals surface area (Å²) >= 11 is 0. The number of nitrogens with zero attached hydrogens (tertiary/aromatic N) is 2. The van der Waals surface area contributed by atoms with E-state index in [9.17, 15) is 13.2 Å². The van der Waals surface area contributed by atoms with Gasteiger partial charge in [-0.3, -0.25) is 14.5 Å². The molecule has 148 valence electrons. The van der Waals surface area contributed by atoms with Gasteiger partial charge in [-0.25, -0.2) is 8.42 Å². The third kappa shape index (κ3) is 4.87. The number of carbonyl (C=O) groups excluding carboxylic acids is 1.